The number of aliphatic carboxylic acids is 1. The number of halogens is 3. The molecular weight excluding hydrogens is 283 g/mol. The number of carbonyl (C=O) groups excluding carboxylic acids is 1. The van der Waals surface area contributed by atoms with Crippen LogP contribution in [0.5, 0.6) is 0 Å². The molecule has 0 unspecified atom stereocenters. The molecule has 1 heterocycles. The van der Waals surface area contributed by atoms with Crippen molar-refractivity contribution in [3.05, 3.63) is 35.4 Å². The maximum Gasteiger partial charge on any atom is 0.416 e. The van der Waals surface area contributed by atoms with Crippen LogP contribution in [0.1, 0.15) is 37.3 Å². The molecular formula is C15H17F3NO2-. The van der Waals surface area contributed by atoms with Gasteiger partial charge in [0.1, 0.15) is 0 Å². The van der Waals surface area contributed by atoms with Gasteiger partial charge in [0.25, 0.3) is 0 Å². The summed E-state index contributed by atoms with van der Waals surface area (Å²) in [4.78, 5) is 13.1. The van der Waals surface area contributed by atoms with Crippen molar-refractivity contribution in [2.24, 2.45) is 0 Å². The molecule has 1 saturated heterocycles. The summed E-state index contributed by atoms with van der Waals surface area (Å²) in [5, 5.41) is 11.4. The Morgan fingerprint density at radius 2 is 1.90 bits per heavy atom. The number of benzene rings is 1. The fraction of sp³-hybridized carbons (Fsp3) is 0.533. The number of carboxylic acid groups (broad SMARTS) is 1. The summed E-state index contributed by atoms with van der Waals surface area (Å²) in [6, 6.07) is 4.84. The van der Waals surface area contributed by atoms with E-state index in [2.05, 4.69) is 0 Å². The predicted molar refractivity (Wildman–Crippen MR) is 69.1 cm³/mol. The van der Waals surface area contributed by atoms with Gasteiger partial charge in [-0.15, -0.1) is 0 Å². The Balaban J connectivity index is 2.15. The highest BCUT2D eigenvalue weighted by atomic mass is 19.4. The number of hydrogen-bond donors (Lipinski definition) is 0. The number of hydrogen-bond acceptors (Lipinski definition) is 3. The number of likely N-dealkylation sites (tertiary alicyclic amines) is 1. The van der Waals surface area contributed by atoms with Crippen LogP contribution in [-0.4, -0.2) is 23.0 Å². The van der Waals surface area contributed by atoms with Crippen LogP contribution in [0.3, 0.4) is 0 Å². The van der Waals surface area contributed by atoms with Crippen LogP contribution in [0.2, 0.25) is 0 Å². The number of nitrogens with zero attached hydrogens (tertiary/aromatic N) is 1. The molecule has 2 rings (SSSR count). The lowest BCUT2D eigenvalue weighted by Crippen LogP contribution is -2.59. The molecule has 1 aliphatic rings. The smallest absolute Gasteiger partial charge is 0.416 e. The van der Waals surface area contributed by atoms with Gasteiger partial charge in [-0.2, -0.15) is 13.2 Å². The molecule has 0 radical (unpaired) electrons. The van der Waals surface area contributed by atoms with E-state index in [4.69, 9.17) is 0 Å². The zero-order chi connectivity index (χ0) is 15.7. The minimum atomic E-state index is -4.36. The molecule has 0 N–H and O–H groups in total. The zero-order valence-electron chi connectivity index (χ0n) is 11.7. The minimum Gasteiger partial charge on any atom is -0.548 e. The molecule has 0 aromatic heterocycles. The van der Waals surface area contributed by atoms with Gasteiger partial charge in [0.2, 0.25) is 0 Å². The Morgan fingerprint density at radius 1 is 1.29 bits per heavy atom. The van der Waals surface area contributed by atoms with E-state index in [1.165, 1.54) is 12.1 Å². The van der Waals surface area contributed by atoms with Crippen molar-refractivity contribution in [2.75, 3.05) is 6.54 Å². The molecule has 1 aromatic rings. The number of alkyl halides is 3. The molecule has 116 valence electrons. The van der Waals surface area contributed by atoms with Crippen molar-refractivity contribution in [2.45, 2.75) is 44.4 Å². The second-order valence-corrected chi connectivity index (χ2v) is 5.63. The minimum absolute atomic E-state index is 0.308. The quantitative estimate of drug-likeness (QED) is 0.859. The molecule has 0 saturated carbocycles. The van der Waals surface area contributed by atoms with Gasteiger partial charge in [-0.05, 0) is 50.4 Å². The van der Waals surface area contributed by atoms with Crippen LogP contribution in [0.25, 0.3) is 0 Å². The average molecular weight is 300 g/mol. The molecule has 1 aromatic carbocycles. The molecule has 6 heteroatoms. The maximum absolute atomic E-state index is 12.5. The summed E-state index contributed by atoms with van der Waals surface area (Å²) >= 11 is 0. The van der Waals surface area contributed by atoms with Gasteiger partial charge in [0, 0.05) is 6.54 Å². The van der Waals surface area contributed by atoms with E-state index in [-0.39, 0.29) is 0 Å². The summed E-state index contributed by atoms with van der Waals surface area (Å²) in [7, 11) is 0. The first-order valence-electron chi connectivity index (χ1n) is 6.86. The summed E-state index contributed by atoms with van der Waals surface area (Å²) in [6.45, 7) is 2.53. The fourth-order valence-corrected chi connectivity index (χ4v) is 2.68. The Morgan fingerprint density at radius 3 is 2.43 bits per heavy atom. The van der Waals surface area contributed by atoms with Gasteiger partial charge in [0.05, 0.1) is 17.1 Å². The van der Waals surface area contributed by atoms with Crippen LogP contribution in [0.4, 0.5) is 13.2 Å². The van der Waals surface area contributed by atoms with Crippen molar-refractivity contribution in [1.29, 1.82) is 0 Å². The first-order valence-corrected chi connectivity index (χ1v) is 6.86. The van der Waals surface area contributed by atoms with Crippen LogP contribution < -0.4 is 5.11 Å². The lowest BCUT2D eigenvalue weighted by atomic mass is 9.88. The van der Waals surface area contributed by atoms with E-state index in [0.29, 0.717) is 25.1 Å². The second-order valence-electron chi connectivity index (χ2n) is 5.63. The molecule has 21 heavy (non-hydrogen) atoms. The highest BCUT2D eigenvalue weighted by Crippen LogP contribution is 2.31. The molecule has 0 amide bonds. The third-order valence-corrected chi connectivity index (χ3v) is 4.13. The van der Waals surface area contributed by atoms with E-state index >= 15 is 0 Å². The van der Waals surface area contributed by atoms with Gasteiger partial charge in [0.15, 0.2) is 0 Å². The highest BCUT2D eigenvalue weighted by molar-refractivity contribution is 5.76. The van der Waals surface area contributed by atoms with Crippen LogP contribution in [-0.2, 0) is 17.5 Å². The fourth-order valence-electron chi connectivity index (χ4n) is 2.68. The van der Waals surface area contributed by atoms with Crippen LogP contribution in [0.15, 0.2) is 24.3 Å². The molecule has 3 nitrogen and oxygen atoms in total. The van der Waals surface area contributed by atoms with Crippen LogP contribution in [0, 0.1) is 0 Å². The lowest BCUT2D eigenvalue weighted by Gasteiger charge is -2.45. The van der Waals surface area contributed by atoms with E-state index in [1.807, 2.05) is 0 Å². The third-order valence-electron chi connectivity index (χ3n) is 4.13. The van der Waals surface area contributed by atoms with Crippen LogP contribution >= 0.6 is 0 Å². The van der Waals surface area contributed by atoms with Crippen molar-refractivity contribution >= 4 is 5.97 Å². The van der Waals surface area contributed by atoms with Crippen molar-refractivity contribution in [1.82, 2.24) is 4.90 Å². The van der Waals surface area contributed by atoms with E-state index in [1.54, 1.807) is 11.8 Å². The van der Waals surface area contributed by atoms with E-state index in [9.17, 15) is 23.1 Å². The Labute approximate surface area is 121 Å². The maximum atomic E-state index is 12.5. The van der Waals surface area contributed by atoms with Gasteiger partial charge in [-0.3, -0.25) is 4.90 Å². The Kier molecular flexibility index (Phi) is 4.27. The number of carboxylic acids is 1. The van der Waals surface area contributed by atoms with Crippen molar-refractivity contribution in [3.8, 4) is 0 Å². The Bertz CT molecular complexity index is 513. The Hall–Kier alpha value is -1.56. The zero-order valence-corrected chi connectivity index (χ0v) is 11.7. The summed E-state index contributed by atoms with van der Waals surface area (Å²) in [5.74, 6) is -1.13. The SMILES string of the molecule is C[C@]1(C(=O)[O-])CCCCN1Cc1ccc(C(F)(F)F)cc1. The van der Waals surface area contributed by atoms with E-state index in [0.717, 1.165) is 25.0 Å². The van der Waals surface area contributed by atoms with Gasteiger partial charge in [-0.1, -0.05) is 12.1 Å². The predicted octanol–water partition coefficient (Wildman–Crippen LogP) is 2.20. The number of carbonyl (C=O) groups is 1. The highest BCUT2D eigenvalue weighted by Gasteiger charge is 2.36. The molecule has 0 aliphatic carbocycles. The molecule has 1 fully saturated rings. The number of rotatable bonds is 3. The largest absolute Gasteiger partial charge is 0.548 e. The third kappa shape index (κ3) is 3.37. The van der Waals surface area contributed by atoms with Crippen molar-refractivity contribution < 1.29 is 23.1 Å². The van der Waals surface area contributed by atoms with Gasteiger partial charge in [-0.25, -0.2) is 0 Å². The van der Waals surface area contributed by atoms with Gasteiger partial charge >= 0.3 is 6.18 Å². The molecule has 1 atom stereocenters. The topological polar surface area (TPSA) is 43.4 Å². The standard InChI is InChI=1S/C15H18F3NO2/c1-14(13(20)21)8-2-3-9-19(14)10-11-4-6-12(7-5-11)15(16,17)18/h4-7H,2-3,8-10H2,1H3,(H,20,21)/p-1/t14-/m1/s1. The summed E-state index contributed by atoms with van der Waals surface area (Å²) < 4.78 is 37.5. The normalized spacial score (nSPS) is 24.0. The first-order chi connectivity index (χ1) is 9.73. The molecule has 1 aliphatic heterocycles. The molecule has 0 spiro atoms. The van der Waals surface area contributed by atoms with Gasteiger partial charge < -0.3 is 9.90 Å². The summed E-state index contributed by atoms with van der Waals surface area (Å²) in [5.41, 5.74) is -1.09. The first kappa shape index (κ1) is 15.8. The monoisotopic (exact) mass is 300 g/mol. The second kappa shape index (κ2) is 5.67. The number of piperidine rings is 1. The lowest BCUT2D eigenvalue weighted by molar-refractivity contribution is -0.320. The van der Waals surface area contributed by atoms with E-state index < -0.39 is 23.2 Å². The summed E-state index contributed by atoms with van der Waals surface area (Å²) in [6.07, 6.45) is -2.17. The molecule has 0 bridgehead atoms. The van der Waals surface area contributed by atoms with Crippen molar-refractivity contribution in [3.63, 3.8) is 0 Å². The average Bonchev–Trinajstić information content (AvgIpc) is 2.41.